The van der Waals surface area contributed by atoms with Gasteiger partial charge in [-0.1, -0.05) is 192 Å². The number of tetrazole rings is 2. The van der Waals surface area contributed by atoms with Gasteiger partial charge in [0, 0.05) is 0 Å². The van der Waals surface area contributed by atoms with Gasteiger partial charge < -0.3 is 5.11 Å². The number of benzene rings is 6. The molecule has 0 spiro atoms. The molecule has 0 aliphatic rings. The molecular weight excluding hydrogens is 769 g/mol. The number of nitrogens with one attached hydrogen (secondary N) is 4. The van der Waals surface area contributed by atoms with Crippen molar-refractivity contribution >= 4 is 29.7 Å². The van der Waals surface area contributed by atoms with Gasteiger partial charge in [-0.05, 0) is 63.1 Å². The van der Waals surface area contributed by atoms with E-state index in [0.717, 1.165) is 33.4 Å². The van der Waals surface area contributed by atoms with Crippen molar-refractivity contribution < 1.29 is 19.5 Å². The highest BCUT2D eigenvalue weighted by molar-refractivity contribution is 5.95. The molecule has 0 aliphatic carbocycles. The summed E-state index contributed by atoms with van der Waals surface area (Å²) in [5.74, 6) is -1.84. The first-order valence-electron chi connectivity index (χ1n) is 19.5. The van der Waals surface area contributed by atoms with Crippen LogP contribution in [0.25, 0.3) is 0 Å². The topological polar surface area (TPSA) is 204 Å². The normalized spacial score (nSPS) is 11.9. The van der Waals surface area contributed by atoms with Crippen LogP contribution in [0.2, 0.25) is 0 Å². The lowest BCUT2D eigenvalue weighted by atomic mass is 9.91. The number of hydrogen-bond acceptors (Lipinski definition) is 9. The number of rotatable bonds is 14. The van der Waals surface area contributed by atoms with Gasteiger partial charge in [0.1, 0.15) is 0 Å². The van der Waals surface area contributed by atoms with Crippen LogP contribution in [0.4, 0.5) is 11.9 Å². The molecule has 0 saturated heterocycles. The van der Waals surface area contributed by atoms with Gasteiger partial charge in [-0.25, -0.2) is 0 Å². The lowest BCUT2D eigenvalue weighted by molar-refractivity contribution is -0.138. The number of amides is 2. The van der Waals surface area contributed by atoms with Crippen molar-refractivity contribution in [2.45, 2.75) is 37.0 Å². The van der Waals surface area contributed by atoms with Crippen molar-refractivity contribution in [3.63, 3.8) is 0 Å². The van der Waals surface area contributed by atoms with Crippen molar-refractivity contribution in [1.82, 2.24) is 41.2 Å². The third kappa shape index (κ3) is 13.5. The zero-order valence-corrected chi connectivity index (χ0v) is 33.0. The Kier molecular flexibility index (Phi) is 15.8. The van der Waals surface area contributed by atoms with Crippen molar-refractivity contribution in [2.75, 3.05) is 10.6 Å². The number of nitrogens with zero attached hydrogens (tertiary/aromatic N) is 6. The zero-order chi connectivity index (χ0) is 42.5. The first kappa shape index (κ1) is 42.5. The summed E-state index contributed by atoms with van der Waals surface area (Å²) in [6.07, 6.45) is 1.74. The number of H-pyrrole nitrogens is 2. The van der Waals surface area contributed by atoms with Gasteiger partial charge in [0.2, 0.25) is 11.8 Å². The fraction of sp³-hybridized carbons (Fsp3) is 0.128. The van der Waals surface area contributed by atoms with Gasteiger partial charge in [-0.15, -0.1) is 10.2 Å². The van der Waals surface area contributed by atoms with Gasteiger partial charge in [-0.2, -0.15) is 10.4 Å². The molecule has 3 atom stereocenters. The highest BCUT2D eigenvalue weighted by atomic mass is 16.4. The molecule has 14 nitrogen and oxygen atoms in total. The second-order valence-electron chi connectivity index (χ2n) is 13.7. The number of aromatic nitrogens is 8. The molecule has 6 aromatic carbocycles. The molecule has 0 bridgehead atoms. The minimum absolute atomic E-state index is 0.156. The van der Waals surface area contributed by atoms with E-state index >= 15 is 0 Å². The molecular formula is C47H44N10O4. The van der Waals surface area contributed by atoms with E-state index in [1.165, 1.54) is 0 Å². The molecule has 2 amide bonds. The van der Waals surface area contributed by atoms with Crippen LogP contribution in [0, 0.1) is 0 Å². The van der Waals surface area contributed by atoms with Crippen LogP contribution in [0.15, 0.2) is 182 Å². The predicted octanol–water partition coefficient (Wildman–Crippen LogP) is 7.43. The van der Waals surface area contributed by atoms with Crippen LogP contribution in [-0.2, 0) is 33.6 Å². The summed E-state index contributed by atoms with van der Waals surface area (Å²) in [4.78, 5) is 36.5. The summed E-state index contributed by atoms with van der Waals surface area (Å²) in [6, 6.07) is 58.3. The standard InChI is InChI=1S/2C16H15N5O.C15H14O2/c2*22-15(17-16-18-20-21-19-16)14(13-9-5-2-6-10-13)11-12-7-3-1-4-8-12;16-15(17)14(13-9-5-2-6-10-13)11-12-7-3-1-4-8-12/h2*1-10,14H,11H2,(H2,17,18,19,20,21,22);1-10,14H,11H2,(H,16,17). The van der Waals surface area contributed by atoms with E-state index in [4.69, 9.17) is 0 Å². The molecule has 2 aromatic heterocycles. The summed E-state index contributed by atoms with van der Waals surface area (Å²) in [6.45, 7) is 0. The van der Waals surface area contributed by atoms with Crippen LogP contribution in [0.1, 0.15) is 51.1 Å². The Labute approximate surface area is 352 Å². The maximum absolute atomic E-state index is 12.6. The Morgan fingerprint density at radius 1 is 0.426 bits per heavy atom. The first-order chi connectivity index (χ1) is 29.9. The molecule has 5 N–H and O–H groups in total. The molecule has 0 radical (unpaired) electrons. The lowest BCUT2D eigenvalue weighted by Gasteiger charge is -2.16. The summed E-state index contributed by atoms with van der Waals surface area (Å²) in [5.41, 5.74) is 5.99. The molecule has 0 fully saturated rings. The minimum atomic E-state index is -0.778. The van der Waals surface area contributed by atoms with Crippen molar-refractivity contribution in [3.05, 3.63) is 215 Å². The van der Waals surface area contributed by atoms with Crippen LogP contribution in [0.5, 0.6) is 0 Å². The Morgan fingerprint density at radius 2 is 0.705 bits per heavy atom. The Balaban J connectivity index is 0.000000155. The number of carboxylic acid groups (broad SMARTS) is 1. The smallest absolute Gasteiger partial charge is 0.311 e. The average molecular weight is 813 g/mol. The number of carbonyl (C=O) groups is 3. The largest absolute Gasteiger partial charge is 0.481 e. The molecule has 14 heteroatoms. The van der Waals surface area contributed by atoms with Crippen molar-refractivity contribution in [1.29, 1.82) is 0 Å². The third-order valence-electron chi connectivity index (χ3n) is 9.55. The van der Waals surface area contributed by atoms with Gasteiger partial charge in [-0.3, -0.25) is 25.0 Å². The number of aromatic amines is 2. The molecule has 3 unspecified atom stereocenters. The number of anilines is 2. The van der Waals surface area contributed by atoms with Gasteiger partial charge in [0.05, 0.1) is 17.8 Å². The molecule has 0 saturated carbocycles. The van der Waals surface area contributed by atoms with Gasteiger partial charge >= 0.3 is 5.97 Å². The second-order valence-corrected chi connectivity index (χ2v) is 13.7. The maximum atomic E-state index is 12.6. The number of hydrogen-bond donors (Lipinski definition) is 5. The van der Waals surface area contributed by atoms with Crippen molar-refractivity contribution in [2.24, 2.45) is 0 Å². The predicted molar refractivity (Wildman–Crippen MR) is 231 cm³/mol. The number of carboxylic acids is 1. The van der Waals surface area contributed by atoms with Gasteiger partial charge in [0.15, 0.2) is 0 Å². The Bertz CT molecular complexity index is 2330. The number of carbonyl (C=O) groups excluding carboxylic acids is 2. The van der Waals surface area contributed by atoms with Crippen LogP contribution in [-0.4, -0.2) is 64.1 Å². The highest BCUT2D eigenvalue weighted by Gasteiger charge is 2.24. The summed E-state index contributed by atoms with van der Waals surface area (Å²) in [5, 5.41) is 41.2. The third-order valence-corrected chi connectivity index (χ3v) is 9.55. The van der Waals surface area contributed by atoms with Crippen LogP contribution < -0.4 is 10.6 Å². The first-order valence-corrected chi connectivity index (χ1v) is 19.5. The molecule has 306 valence electrons. The molecule has 0 aliphatic heterocycles. The Morgan fingerprint density at radius 3 is 0.984 bits per heavy atom. The maximum Gasteiger partial charge on any atom is 0.311 e. The fourth-order valence-electron chi connectivity index (χ4n) is 6.50. The molecule has 8 aromatic rings. The van der Waals surface area contributed by atoms with Gasteiger partial charge in [0.25, 0.3) is 11.9 Å². The van der Waals surface area contributed by atoms with Crippen LogP contribution in [0.3, 0.4) is 0 Å². The summed E-state index contributed by atoms with van der Waals surface area (Å²) >= 11 is 0. The quantitative estimate of drug-likeness (QED) is 0.0735. The van der Waals surface area contributed by atoms with E-state index in [2.05, 4.69) is 51.9 Å². The fourth-order valence-corrected chi connectivity index (χ4v) is 6.50. The van der Waals surface area contributed by atoms with E-state index < -0.39 is 11.9 Å². The molecule has 8 rings (SSSR count). The zero-order valence-electron chi connectivity index (χ0n) is 33.0. The second kappa shape index (κ2) is 22.7. The molecule has 61 heavy (non-hydrogen) atoms. The number of aliphatic carboxylic acids is 1. The van der Waals surface area contributed by atoms with Crippen LogP contribution >= 0.6 is 0 Å². The minimum Gasteiger partial charge on any atom is -0.481 e. The van der Waals surface area contributed by atoms with E-state index in [9.17, 15) is 19.5 Å². The highest BCUT2D eigenvalue weighted by Crippen LogP contribution is 2.24. The Hall–Kier alpha value is -8.13. The van der Waals surface area contributed by atoms with E-state index in [1.807, 2.05) is 182 Å². The molecule has 2 heterocycles. The lowest BCUT2D eigenvalue weighted by Crippen LogP contribution is -2.23. The van der Waals surface area contributed by atoms with E-state index in [0.29, 0.717) is 19.3 Å². The van der Waals surface area contributed by atoms with E-state index in [-0.39, 0.29) is 35.5 Å². The average Bonchev–Trinajstić information content (AvgIpc) is 4.04. The van der Waals surface area contributed by atoms with E-state index in [1.54, 1.807) is 0 Å². The SMILES string of the molecule is O=C(Nc1nn[nH]n1)C(Cc1ccccc1)c1ccccc1.O=C(Nc1nn[nH]n1)C(Cc1ccccc1)c1ccccc1.O=C(O)C(Cc1ccccc1)c1ccccc1. The monoisotopic (exact) mass is 812 g/mol. The summed E-state index contributed by atoms with van der Waals surface area (Å²) in [7, 11) is 0. The summed E-state index contributed by atoms with van der Waals surface area (Å²) < 4.78 is 0. The van der Waals surface area contributed by atoms with Crippen molar-refractivity contribution in [3.8, 4) is 0 Å².